The van der Waals surface area contributed by atoms with Gasteiger partial charge in [-0.1, -0.05) is 0 Å². The summed E-state index contributed by atoms with van der Waals surface area (Å²) in [5.41, 5.74) is -3.70. The molecule has 0 spiro atoms. The first-order chi connectivity index (χ1) is 10.1. The van der Waals surface area contributed by atoms with E-state index in [1.54, 1.807) is 26.0 Å². The normalized spacial score (nSPS) is 12.2. The van der Waals surface area contributed by atoms with Gasteiger partial charge in [0, 0.05) is 0 Å². The van der Waals surface area contributed by atoms with E-state index in [9.17, 15) is 21.6 Å². The molecule has 0 unspecified atom stereocenters. The van der Waals surface area contributed by atoms with Crippen LogP contribution in [0.4, 0.5) is 13.2 Å². The Morgan fingerprint density at radius 2 is 1.50 bits per heavy atom. The highest BCUT2D eigenvalue weighted by atomic mass is 32.2. The third kappa shape index (κ3) is 3.09. The summed E-state index contributed by atoms with van der Waals surface area (Å²) in [6, 6.07) is 10.5. The lowest BCUT2D eigenvalue weighted by molar-refractivity contribution is -0.0436. The molecule has 117 valence electrons. The zero-order valence-electron chi connectivity index (χ0n) is 11.7. The molecule has 0 aliphatic heterocycles. The lowest BCUT2D eigenvalue weighted by atomic mass is 10.1. The number of benzene rings is 2. The maximum atomic E-state index is 12.4. The number of hydrogen-bond donors (Lipinski definition) is 0. The molecule has 2 rings (SSSR count). The van der Waals surface area contributed by atoms with Crippen molar-refractivity contribution in [1.82, 2.24) is 0 Å². The van der Waals surface area contributed by atoms with Crippen molar-refractivity contribution >= 4 is 9.84 Å². The fraction of sp³-hybridized carbons (Fsp3) is 0.200. The first kappa shape index (κ1) is 16.4. The molecular weight excluding hydrogens is 317 g/mol. The van der Waals surface area contributed by atoms with Crippen molar-refractivity contribution in [3.05, 3.63) is 53.6 Å². The Bertz CT molecular complexity index is 758. The summed E-state index contributed by atoms with van der Waals surface area (Å²) in [7, 11) is -5.34. The van der Waals surface area contributed by atoms with Gasteiger partial charge in [-0.15, -0.1) is 0 Å². The largest absolute Gasteiger partial charge is 0.501 e. The molecule has 0 atom stereocenters. The fourth-order valence-corrected chi connectivity index (χ4v) is 2.59. The Morgan fingerprint density at radius 3 is 1.95 bits per heavy atom. The maximum Gasteiger partial charge on any atom is 0.501 e. The van der Waals surface area contributed by atoms with E-state index in [4.69, 9.17) is 4.74 Å². The van der Waals surface area contributed by atoms with Crippen LogP contribution in [0.25, 0.3) is 0 Å². The van der Waals surface area contributed by atoms with Crippen molar-refractivity contribution < 1.29 is 26.3 Å². The second kappa shape index (κ2) is 5.64. The molecule has 0 amide bonds. The van der Waals surface area contributed by atoms with Gasteiger partial charge in [0.25, 0.3) is 9.84 Å². The quantitative estimate of drug-likeness (QED) is 0.848. The topological polar surface area (TPSA) is 43.4 Å². The van der Waals surface area contributed by atoms with E-state index in [0.29, 0.717) is 5.75 Å². The van der Waals surface area contributed by atoms with Crippen LogP contribution in [0, 0.1) is 19.9 Å². The smallest absolute Gasteiger partial charge is 0.457 e. The van der Waals surface area contributed by atoms with Gasteiger partial charge in [0.05, 0.1) is 4.90 Å². The Hall–Kier alpha value is -2.02. The molecular formula is C15H12F3O3S. The summed E-state index contributed by atoms with van der Waals surface area (Å²) >= 11 is 0. The van der Waals surface area contributed by atoms with E-state index < -0.39 is 20.2 Å². The number of rotatable bonds is 3. The molecule has 0 saturated heterocycles. The minimum Gasteiger partial charge on any atom is -0.457 e. The molecule has 0 aliphatic rings. The van der Waals surface area contributed by atoms with Gasteiger partial charge in [0.15, 0.2) is 0 Å². The summed E-state index contributed by atoms with van der Waals surface area (Å²) in [6.07, 6.45) is 0. The van der Waals surface area contributed by atoms with Gasteiger partial charge in [-0.25, -0.2) is 8.42 Å². The molecule has 0 aromatic heterocycles. The van der Waals surface area contributed by atoms with E-state index in [-0.39, 0.29) is 5.75 Å². The van der Waals surface area contributed by atoms with Crippen molar-refractivity contribution in [3.8, 4) is 11.5 Å². The van der Waals surface area contributed by atoms with E-state index in [1.807, 2.05) is 0 Å². The second-order valence-corrected chi connectivity index (χ2v) is 6.61. The number of sulfone groups is 1. The zero-order chi connectivity index (χ0) is 16.5. The summed E-state index contributed by atoms with van der Waals surface area (Å²) in [5, 5.41) is 0. The summed E-state index contributed by atoms with van der Waals surface area (Å²) < 4.78 is 65.5. The minimum absolute atomic E-state index is 0.249. The van der Waals surface area contributed by atoms with Crippen LogP contribution in [-0.4, -0.2) is 13.9 Å². The van der Waals surface area contributed by atoms with Crippen LogP contribution in [0.3, 0.4) is 0 Å². The molecule has 7 heteroatoms. The molecule has 1 radical (unpaired) electrons. The van der Waals surface area contributed by atoms with E-state index in [2.05, 4.69) is 6.07 Å². The van der Waals surface area contributed by atoms with Crippen molar-refractivity contribution in [2.75, 3.05) is 0 Å². The van der Waals surface area contributed by atoms with Crippen molar-refractivity contribution in [2.24, 2.45) is 0 Å². The molecule has 3 nitrogen and oxygen atoms in total. The first-order valence-electron chi connectivity index (χ1n) is 6.19. The van der Waals surface area contributed by atoms with Crippen molar-refractivity contribution in [2.45, 2.75) is 24.3 Å². The monoisotopic (exact) mass is 329 g/mol. The van der Waals surface area contributed by atoms with Crippen LogP contribution in [0.5, 0.6) is 11.5 Å². The van der Waals surface area contributed by atoms with Crippen molar-refractivity contribution in [1.29, 1.82) is 0 Å². The second-order valence-electron chi connectivity index (χ2n) is 4.67. The summed E-state index contributed by atoms with van der Waals surface area (Å²) in [4.78, 5) is -0.817. The minimum atomic E-state index is -5.34. The Morgan fingerprint density at radius 1 is 1.00 bits per heavy atom. The standard InChI is InChI=1S/C15H12F3O3S/c1-10-4-3-5-11(2)14(10)21-12-6-8-13(9-7-12)22(19,20)15(16,17)18/h4-9H,1-2H3. The average molecular weight is 329 g/mol. The van der Waals surface area contributed by atoms with Crippen LogP contribution in [0.15, 0.2) is 41.3 Å². The lowest BCUT2D eigenvalue weighted by Crippen LogP contribution is -2.23. The van der Waals surface area contributed by atoms with Gasteiger partial charge in [0.2, 0.25) is 0 Å². The van der Waals surface area contributed by atoms with Gasteiger partial charge in [-0.2, -0.15) is 13.2 Å². The predicted molar refractivity (Wildman–Crippen MR) is 74.5 cm³/mol. The molecule has 0 saturated carbocycles. The van der Waals surface area contributed by atoms with Crippen LogP contribution >= 0.6 is 0 Å². The molecule has 0 heterocycles. The van der Waals surface area contributed by atoms with Crippen LogP contribution in [0.1, 0.15) is 11.1 Å². The number of hydrogen-bond acceptors (Lipinski definition) is 3. The SMILES string of the molecule is Cc1c[c]cc(C)c1Oc1ccc(S(=O)(=O)C(F)(F)F)cc1. The Labute approximate surface area is 126 Å². The molecule has 22 heavy (non-hydrogen) atoms. The molecule has 0 fully saturated rings. The number of alkyl halides is 3. The van der Waals surface area contributed by atoms with Crippen LogP contribution < -0.4 is 4.74 Å². The summed E-state index contributed by atoms with van der Waals surface area (Å²) in [6.45, 7) is 3.61. The average Bonchev–Trinajstić information content (AvgIpc) is 2.42. The fourth-order valence-electron chi connectivity index (χ4n) is 1.83. The highest BCUT2D eigenvalue weighted by Gasteiger charge is 2.46. The van der Waals surface area contributed by atoms with Gasteiger partial charge >= 0.3 is 5.51 Å². The van der Waals surface area contributed by atoms with E-state index >= 15 is 0 Å². The number of aryl methyl sites for hydroxylation is 2. The van der Waals surface area contributed by atoms with Crippen molar-refractivity contribution in [3.63, 3.8) is 0 Å². The van der Waals surface area contributed by atoms with Gasteiger partial charge in [0.1, 0.15) is 11.5 Å². The highest BCUT2D eigenvalue weighted by molar-refractivity contribution is 7.92. The molecule has 0 N–H and O–H groups in total. The Balaban J connectivity index is 2.31. The number of halogens is 3. The summed E-state index contributed by atoms with van der Waals surface area (Å²) in [5.74, 6) is 0.809. The molecule has 0 bridgehead atoms. The third-order valence-electron chi connectivity index (χ3n) is 2.97. The van der Waals surface area contributed by atoms with Gasteiger partial charge < -0.3 is 4.74 Å². The first-order valence-corrected chi connectivity index (χ1v) is 7.68. The third-order valence-corrected chi connectivity index (χ3v) is 4.48. The highest BCUT2D eigenvalue weighted by Crippen LogP contribution is 2.33. The van der Waals surface area contributed by atoms with Crippen LogP contribution in [0.2, 0.25) is 0 Å². The predicted octanol–water partition coefficient (Wildman–Crippen LogP) is 4.19. The van der Waals surface area contributed by atoms with E-state index in [1.165, 1.54) is 12.1 Å². The van der Waals surface area contributed by atoms with E-state index in [0.717, 1.165) is 23.3 Å². The molecule has 2 aromatic rings. The molecule has 0 aliphatic carbocycles. The zero-order valence-corrected chi connectivity index (χ0v) is 12.5. The van der Waals surface area contributed by atoms with Gasteiger partial charge in [-0.3, -0.25) is 0 Å². The van der Waals surface area contributed by atoms with Crippen LogP contribution in [-0.2, 0) is 9.84 Å². The van der Waals surface area contributed by atoms with Gasteiger partial charge in [-0.05, 0) is 67.4 Å². The molecule has 2 aromatic carbocycles. The maximum absolute atomic E-state index is 12.4. The Kier molecular flexibility index (Phi) is 4.19. The number of ether oxygens (including phenoxy) is 1. The lowest BCUT2D eigenvalue weighted by Gasteiger charge is -2.12.